The van der Waals surface area contributed by atoms with E-state index in [1.54, 1.807) is 65.0 Å². The number of carbonyl (C=O) groups excluding carboxylic acids is 2. The van der Waals surface area contributed by atoms with Crippen molar-refractivity contribution in [1.82, 2.24) is 0 Å². The number of hydrogen-bond donors (Lipinski definition) is 4. The maximum atomic E-state index is 13.4. The topological polar surface area (TPSA) is 143 Å². The van der Waals surface area contributed by atoms with Gasteiger partial charge in [0, 0.05) is 36.7 Å². The fourth-order valence-electron chi connectivity index (χ4n) is 5.38. The Bertz CT molecular complexity index is 1090. The quantitative estimate of drug-likeness (QED) is 0.208. The molecule has 0 aromatic carbocycles. The number of ketones is 1. The summed E-state index contributed by atoms with van der Waals surface area (Å²) in [6.07, 6.45) is 5.86. The molecule has 0 amide bonds. The van der Waals surface area contributed by atoms with Crippen molar-refractivity contribution in [1.29, 1.82) is 0 Å². The van der Waals surface area contributed by atoms with Crippen molar-refractivity contribution < 1.29 is 44.2 Å². The summed E-state index contributed by atoms with van der Waals surface area (Å²) in [6.45, 7) is 16.0. The normalized spacial score (nSPS) is 33.9. The number of rotatable bonds is 10. The van der Waals surface area contributed by atoms with Crippen molar-refractivity contribution in [3.63, 3.8) is 0 Å². The molecule has 1 aliphatic heterocycles. The lowest BCUT2D eigenvalue weighted by Crippen LogP contribution is -2.45. The van der Waals surface area contributed by atoms with Gasteiger partial charge < -0.3 is 34.6 Å². The van der Waals surface area contributed by atoms with E-state index in [1.165, 1.54) is 26.4 Å². The second kappa shape index (κ2) is 18.4. The van der Waals surface area contributed by atoms with E-state index >= 15 is 0 Å². The SMILES string of the molecule is CO/C1=C/C(C)=C/[C@@H](C)[C@H](O)[C@@H](C)C(O)/C(C)=C/C=C/[C@H](OC)[C@@H]([C@@H](C)[C@@H](O)[C@H](C)C(=O)/C=C/[C@H](C)[C@H](O)C(C)C)OC1=O. The summed E-state index contributed by atoms with van der Waals surface area (Å²) in [5, 5.41) is 43.4. The van der Waals surface area contributed by atoms with Crippen LogP contribution in [-0.4, -0.2) is 83.0 Å². The Morgan fingerprint density at radius 2 is 1.64 bits per heavy atom. The second-order valence-corrected chi connectivity index (χ2v) is 12.6. The van der Waals surface area contributed by atoms with Crippen LogP contribution in [0, 0.1) is 35.5 Å². The number of cyclic esters (lactones) is 1. The second-order valence-electron chi connectivity index (χ2n) is 12.6. The molecule has 1 heterocycles. The lowest BCUT2D eigenvalue weighted by molar-refractivity contribution is -0.162. The Morgan fingerprint density at radius 1 is 1.02 bits per heavy atom. The third-order valence-corrected chi connectivity index (χ3v) is 8.65. The van der Waals surface area contributed by atoms with E-state index in [0.29, 0.717) is 11.1 Å². The van der Waals surface area contributed by atoms with Gasteiger partial charge >= 0.3 is 5.97 Å². The van der Waals surface area contributed by atoms with Gasteiger partial charge in [0.1, 0.15) is 12.2 Å². The summed E-state index contributed by atoms with van der Waals surface area (Å²) in [4.78, 5) is 26.4. The number of esters is 1. The number of aliphatic hydroxyl groups is 4. The van der Waals surface area contributed by atoms with Crippen LogP contribution in [0.4, 0.5) is 0 Å². The Kier molecular flexibility index (Phi) is 16.5. The lowest BCUT2D eigenvalue weighted by atomic mass is 9.84. The fourth-order valence-corrected chi connectivity index (χ4v) is 5.38. The molecule has 9 nitrogen and oxygen atoms in total. The molecule has 9 heteroatoms. The highest BCUT2D eigenvalue weighted by Gasteiger charge is 2.38. The van der Waals surface area contributed by atoms with Crippen molar-refractivity contribution >= 4 is 11.8 Å². The van der Waals surface area contributed by atoms with E-state index in [1.807, 2.05) is 27.7 Å². The number of ether oxygens (including phenoxy) is 3. The number of methoxy groups -OCH3 is 2. The summed E-state index contributed by atoms with van der Waals surface area (Å²) in [5.41, 5.74) is 1.26. The number of hydrogen-bond acceptors (Lipinski definition) is 9. The summed E-state index contributed by atoms with van der Waals surface area (Å²) in [7, 11) is 2.78. The Balaban J connectivity index is 3.52. The standard InChI is InChI=1S/C35H56O9/c1-19(2)30(37)22(5)15-16-27(36)24(7)33(40)26(9)34-28(42-10)14-12-13-21(4)31(38)25(8)32(39)23(6)17-20(3)18-29(43-11)35(41)44-34/h12-19,22-26,28,30-34,37-40H,1-11H3/b14-12+,16-15+,20-17+,21-13+,29-18+/t22-,23+,24+,25-,26-,28-,30+,31?,32-,33-,34+/m0/s1. The molecule has 1 aliphatic rings. The first kappa shape index (κ1) is 39.5. The van der Waals surface area contributed by atoms with Gasteiger partial charge in [0.2, 0.25) is 5.76 Å². The zero-order valence-electron chi connectivity index (χ0n) is 28.3. The molecule has 0 saturated carbocycles. The minimum atomic E-state index is -1.22. The monoisotopic (exact) mass is 620 g/mol. The van der Waals surface area contributed by atoms with E-state index in [4.69, 9.17) is 14.2 Å². The zero-order valence-corrected chi connectivity index (χ0v) is 28.3. The average Bonchev–Trinajstić information content (AvgIpc) is 2.99. The predicted molar refractivity (Wildman–Crippen MR) is 171 cm³/mol. The maximum absolute atomic E-state index is 13.4. The summed E-state index contributed by atoms with van der Waals surface area (Å²) < 4.78 is 17.0. The lowest BCUT2D eigenvalue weighted by Gasteiger charge is -2.33. The van der Waals surface area contributed by atoms with Crippen LogP contribution in [0.3, 0.4) is 0 Å². The van der Waals surface area contributed by atoms with Gasteiger partial charge in [0.25, 0.3) is 0 Å². The number of aliphatic hydroxyl groups excluding tert-OH is 4. The van der Waals surface area contributed by atoms with E-state index in [9.17, 15) is 30.0 Å². The molecule has 0 radical (unpaired) electrons. The van der Waals surface area contributed by atoms with Gasteiger partial charge in [-0.25, -0.2) is 4.79 Å². The van der Waals surface area contributed by atoms with Gasteiger partial charge in [-0.2, -0.15) is 0 Å². The van der Waals surface area contributed by atoms with Crippen molar-refractivity contribution in [2.45, 2.75) is 98.9 Å². The molecular formula is C35H56O9. The maximum Gasteiger partial charge on any atom is 0.373 e. The van der Waals surface area contributed by atoms with Gasteiger partial charge in [-0.1, -0.05) is 84.4 Å². The molecule has 0 aliphatic carbocycles. The predicted octanol–water partition coefficient (Wildman–Crippen LogP) is 4.31. The first-order valence-corrected chi connectivity index (χ1v) is 15.4. The summed E-state index contributed by atoms with van der Waals surface area (Å²) in [5.74, 6) is -3.86. The highest BCUT2D eigenvalue weighted by Crippen LogP contribution is 2.27. The van der Waals surface area contributed by atoms with Crippen molar-refractivity contribution in [2.75, 3.05) is 14.2 Å². The van der Waals surface area contributed by atoms with Gasteiger partial charge in [-0.05, 0) is 37.5 Å². The molecule has 1 unspecified atom stereocenters. The average molecular weight is 621 g/mol. The van der Waals surface area contributed by atoms with Gasteiger partial charge in [-0.15, -0.1) is 0 Å². The Morgan fingerprint density at radius 3 is 2.18 bits per heavy atom. The first-order chi connectivity index (χ1) is 20.5. The van der Waals surface area contributed by atoms with E-state index in [2.05, 4.69) is 0 Å². The molecule has 250 valence electrons. The molecule has 1 rings (SSSR count). The first-order valence-electron chi connectivity index (χ1n) is 15.4. The number of carbonyl (C=O) groups is 2. The van der Waals surface area contributed by atoms with E-state index in [0.717, 1.165) is 0 Å². The van der Waals surface area contributed by atoms with E-state index < -0.39 is 60.3 Å². The van der Waals surface area contributed by atoms with Gasteiger partial charge in [-0.3, -0.25) is 4.79 Å². The summed E-state index contributed by atoms with van der Waals surface area (Å²) >= 11 is 0. The van der Waals surface area contributed by atoms with Crippen LogP contribution in [0.15, 0.2) is 59.4 Å². The minimum absolute atomic E-state index is 0.0238. The van der Waals surface area contributed by atoms with Gasteiger partial charge in [0.15, 0.2) is 5.78 Å². The van der Waals surface area contributed by atoms with Crippen LogP contribution >= 0.6 is 0 Å². The molecule has 4 N–H and O–H groups in total. The molecule has 11 atom stereocenters. The highest BCUT2D eigenvalue weighted by atomic mass is 16.6. The molecular weight excluding hydrogens is 564 g/mol. The molecule has 0 aromatic heterocycles. The zero-order chi connectivity index (χ0) is 33.9. The van der Waals surface area contributed by atoms with Crippen LogP contribution in [-0.2, 0) is 23.8 Å². The molecule has 0 bridgehead atoms. The largest absolute Gasteiger partial charge is 0.490 e. The highest BCUT2D eigenvalue weighted by molar-refractivity contribution is 5.92. The smallest absolute Gasteiger partial charge is 0.373 e. The molecule has 0 spiro atoms. The van der Waals surface area contributed by atoms with Crippen LogP contribution in [0.2, 0.25) is 0 Å². The molecule has 0 aromatic rings. The Labute approximate surface area is 264 Å². The fraction of sp³-hybridized carbons (Fsp3) is 0.657. The Hall–Kier alpha value is -2.56. The third kappa shape index (κ3) is 11.1. The minimum Gasteiger partial charge on any atom is -0.490 e. The van der Waals surface area contributed by atoms with Crippen molar-refractivity contribution in [2.24, 2.45) is 35.5 Å². The molecule has 0 fully saturated rings. The van der Waals surface area contributed by atoms with Crippen molar-refractivity contribution in [3.05, 3.63) is 59.4 Å². The van der Waals surface area contributed by atoms with E-state index in [-0.39, 0.29) is 29.3 Å². The van der Waals surface area contributed by atoms with Crippen molar-refractivity contribution in [3.8, 4) is 0 Å². The molecule has 44 heavy (non-hydrogen) atoms. The molecule has 0 saturated heterocycles. The van der Waals surface area contributed by atoms with Crippen LogP contribution in [0.1, 0.15) is 62.3 Å². The number of allylic oxidation sites excluding steroid dienone is 5. The summed E-state index contributed by atoms with van der Waals surface area (Å²) in [6, 6.07) is 0. The van der Waals surface area contributed by atoms with Crippen LogP contribution in [0.5, 0.6) is 0 Å². The van der Waals surface area contributed by atoms with Crippen LogP contribution in [0.25, 0.3) is 0 Å². The third-order valence-electron chi connectivity index (χ3n) is 8.65. The van der Waals surface area contributed by atoms with Gasteiger partial charge in [0.05, 0.1) is 31.5 Å². The van der Waals surface area contributed by atoms with Crippen LogP contribution < -0.4 is 0 Å².